The number of thioether (sulfide) groups is 1. The van der Waals surface area contributed by atoms with Crippen LogP contribution in [0.2, 0.25) is 0 Å². The van der Waals surface area contributed by atoms with Crippen LogP contribution >= 0.6 is 11.8 Å². The first-order valence-electron chi connectivity index (χ1n) is 5.96. The molecule has 2 N–H and O–H groups in total. The second-order valence-corrected chi connectivity index (χ2v) is 5.49. The van der Waals surface area contributed by atoms with Gasteiger partial charge in [-0.3, -0.25) is 4.79 Å². The zero-order valence-electron chi connectivity index (χ0n) is 10.6. The lowest BCUT2D eigenvalue weighted by Gasteiger charge is -2.25. The number of carboxylic acids is 1. The van der Waals surface area contributed by atoms with Gasteiger partial charge in [0.1, 0.15) is 6.04 Å². The van der Waals surface area contributed by atoms with Gasteiger partial charge in [0, 0.05) is 11.8 Å². The number of aliphatic carboxylic acids is 1. The molecule has 1 aromatic rings. The topological polar surface area (TPSA) is 117 Å². The number of H-pyrrole nitrogens is 1. The summed E-state index contributed by atoms with van der Waals surface area (Å²) in [5.74, 6) is -1.56. The highest BCUT2D eigenvalue weighted by Gasteiger charge is 2.42. The molecule has 0 aromatic carbocycles. The highest BCUT2D eigenvalue weighted by Crippen LogP contribution is 2.32. The predicted molar refractivity (Wildman–Crippen MR) is 71.6 cm³/mol. The average Bonchev–Trinajstić information content (AvgIpc) is 3.04. The van der Waals surface area contributed by atoms with E-state index in [1.165, 1.54) is 28.8 Å². The fourth-order valence-corrected chi connectivity index (χ4v) is 3.44. The number of hydrogen-bond acceptors (Lipinski definition) is 5. The molecule has 2 atom stereocenters. The lowest BCUT2D eigenvalue weighted by Crippen LogP contribution is -2.45. The van der Waals surface area contributed by atoms with Gasteiger partial charge in [-0.05, 0) is 17.4 Å². The minimum Gasteiger partial charge on any atom is -0.480 e. The summed E-state index contributed by atoms with van der Waals surface area (Å²) in [5, 5.41) is 19.5. The van der Waals surface area contributed by atoms with Crippen molar-refractivity contribution in [2.24, 2.45) is 0 Å². The van der Waals surface area contributed by atoms with Crippen LogP contribution in [0.25, 0.3) is 0 Å². The van der Waals surface area contributed by atoms with Gasteiger partial charge in [-0.2, -0.15) is 0 Å². The van der Waals surface area contributed by atoms with E-state index in [1.54, 1.807) is 0 Å². The van der Waals surface area contributed by atoms with Crippen LogP contribution in [0, 0.1) is 10.1 Å². The summed E-state index contributed by atoms with van der Waals surface area (Å²) in [4.78, 5) is 37.2. The molecule has 8 nitrogen and oxygen atoms in total. The third-order valence-electron chi connectivity index (χ3n) is 3.06. The van der Waals surface area contributed by atoms with Crippen molar-refractivity contribution >= 4 is 29.5 Å². The van der Waals surface area contributed by atoms with E-state index in [2.05, 4.69) is 4.98 Å². The predicted octanol–water partition coefficient (Wildman–Crippen LogP) is 1.30. The minimum absolute atomic E-state index is 0.0314. The quantitative estimate of drug-likeness (QED) is 0.639. The molecule has 0 radical (unpaired) electrons. The number of carboxylic acid groups (broad SMARTS) is 1. The standard InChI is InChI=1S/C11H13N3O5S/c1-2-9-13(7(5-20-9)11(16)17)10(15)6-3-4-8(12-6)14(18)19/h3-4,7,9,12H,2,5H2,1H3,(H,16,17). The van der Waals surface area contributed by atoms with Crippen molar-refractivity contribution in [3.05, 3.63) is 27.9 Å². The molecule has 1 aliphatic heterocycles. The first kappa shape index (κ1) is 14.4. The molecule has 1 aliphatic rings. The summed E-state index contributed by atoms with van der Waals surface area (Å²) in [6.07, 6.45) is 0.614. The maximum absolute atomic E-state index is 12.4. The molecule has 1 fully saturated rings. The molecule has 1 aromatic heterocycles. The fraction of sp³-hybridized carbons (Fsp3) is 0.455. The number of aromatic amines is 1. The van der Waals surface area contributed by atoms with Gasteiger partial charge in [0.05, 0.1) is 5.37 Å². The molecule has 9 heteroatoms. The Morgan fingerprint density at radius 2 is 2.30 bits per heavy atom. The number of nitrogens with zero attached hydrogens (tertiary/aromatic N) is 2. The van der Waals surface area contributed by atoms with Crippen LogP contribution < -0.4 is 0 Å². The first-order valence-corrected chi connectivity index (χ1v) is 7.01. The Bertz CT molecular complexity index is 558. The van der Waals surface area contributed by atoms with Gasteiger partial charge in [-0.15, -0.1) is 11.8 Å². The van der Waals surface area contributed by atoms with Gasteiger partial charge in [0.2, 0.25) is 0 Å². The Labute approximate surface area is 118 Å². The molecule has 2 unspecified atom stereocenters. The number of carbonyl (C=O) groups excluding carboxylic acids is 1. The van der Waals surface area contributed by atoms with Crippen molar-refractivity contribution in [3.63, 3.8) is 0 Å². The van der Waals surface area contributed by atoms with Gasteiger partial charge in [-0.1, -0.05) is 6.92 Å². The molecule has 2 rings (SSSR count). The monoisotopic (exact) mass is 299 g/mol. The summed E-state index contributed by atoms with van der Waals surface area (Å²) in [6, 6.07) is 1.59. The molecule has 1 amide bonds. The van der Waals surface area contributed by atoms with Crippen LogP contribution in [0.1, 0.15) is 23.8 Å². The van der Waals surface area contributed by atoms with E-state index in [9.17, 15) is 19.7 Å². The summed E-state index contributed by atoms with van der Waals surface area (Å²) < 4.78 is 0. The van der Waals surface area contributed by atoms with Crippen molar-refractivity contribution in [2.45, 2.75) is 24.8 Å². The molecule has 0 spiro atoms. The SMILES string of the molecule is CCC1SCC(C(=O)O)N1C(=O)c1ccc([N+](=O)[O-])[nH]1. The molecular formula is C11H13N3O5S. The summed E-state index contributed by atoms with van der Waals surface area (Å²) in [7, 11) is 0. The second-order valence-electron chi connectivity index (χ2n) is 4.28. The Kier molecular flexibility index (Phi) is 3.98. The molecule has 0 bridgehead atoms. The molecule has 108 valence electrons. The number of nitrogens with one attached hydrogen (secondary N) is 1. The van der Waals surface area contributed by atoms with E-state index in [-0.39, 0.29) is 16.9 Å². The van der Waals surface area contributed by atoms with E-state index in [0.29, 0.717) is 12.2 Å². The van der Waals surface area contributed by atoms with Crippen molar-refractivity contribution < 1.29 is 19.6 Å². The van der Waals surface area contributed by atoms with Gasteiger partial charge in [-0.25, -0.2) is 9.78 Å². The molecule has 0 aliphatic carbocycles. The fourth-order valence-electron chi connectivity index (χ4n) is 2.09. The Morgan fingerprint density at radius 3 is 2.80 bits per heavy atom. The number of hydrogen-bond donors (Lipinski definition) is 2. The van der Waals surface area contributed by atoms with Crippen molar-refractivity contribution in [2.75, 3.05) is 5.75 Å². The largest absolute Gasteiger partial charge is 0.480 e. The maximum atomic E-state index is 12.4. The minimum atomic E-state index is -1.07. The zero-order valence-corrected chi connectivity index (χ0v) is 11.4. The number of carbonyl (C=O) groups is 2. The lowest BCUT2D eigenvalue weighted by molar-refractivity contribution is -0.389. The highest BCUT2D eigenvalue weighted by atomic mass is 32.2. The third-order valence-corrected chi connectivity index (χ3v) is 4.51. The van der Waals surface area contributed by atoms with Crippen molar-refractivity contribution in [1.82, 2.24) is 9.88 Å². The molecular weight excluding hydrogens is 286 g/mol. The number of amides is 1. The molecule has 20 heavy (non-hydrogen) atoms. The van der Waals surface area contributed by atoms with E-state index in [1.807, 2.05) is 6.92 Å². The van der Waals surface area contributed by atoms with Crippen LogP contribution in [0.15, 0.2) is 12.1 Å². The van der Waals surface area contributed by atoms with E-state index in [4.69, 9.17) is 5.11 Å². The molecule has 2 heterocycles. The van der Waals surface area contributed by atoms with Crippen LogP contribution in [-0.4, -0.2) is 49.0 Å². The number of nitro groups is 1. The second kappa shape index (κ2) is 5.53. The van der Waals surface area contributed by atoms with Crippen LogP contribution in [-0.2, 0) is 4.79 Å². The van der Waals surface area contributed by atoms with E-state index in [0.717, 1.165) is 0 Å². The maximum Gasteiger partial charge on any atom is 0.327 e. The number of aromatic nitrogens is 1. The van der Waals surface area contributed by atoms with Crippen molar-refractivity contribution in [3.8, 4) is 0 Å². The number of rotatable bonds is 4. The van der Waals surface area contributed by atoms with E-state index >= 15 is 0 Å². The summed E-state index contributed by atoms with van der Waals surface area (Å²) in [6.45, 7) is 1.86. The summed E-state index contributed by atoms with van der Waals surface area (Å²) in [5.41, 5.74) is 0.0314. The van der Waals surface area contributed by atoms with Crippen molar-refractivity contribution in [1.29, 1.82) is 0 Å². The highest BCUT2D eigenvalue weighted by molar-refractivity contribution is 8.00. The first-order chi connectivity index (χ1) is 9.45. The van der Waals surface area contributed by atoms with Crippen LogP contribution in [0.3, 0.4) is 0 Å². The van der Waals surface area contributed by atoms with Gasteiger partial charge < -0.3 is 20.1 Å². The Hall–Kier alpha value is -2.03. The molecule has 0 saturated carbocycles. The normalized spacial score (nSPS) is 21.9. The summed E-state index contributed by atoms with van der Waals surface area (Å²) >= 11 is 1.40. The van der Waals surface area contributed by atoms with Crippen LogP contribution in [0.4, 0.5) is 5.82 Å². The molecule has 1 saturated heterocycles. The zero-order chi connectivity index (χ0) is 14.9. The van der Waals surface area contributed by atoms with Gasteiger partial charge >= 0.3 is 11.8 Å². The van der Waals surface area contributed by atoms with E-state index < -0.39 is 22.8 Å². The Morgan fingerprint density at radius 1 is 1.60 bits per heavy atom. The third kappa shape index (κ3) is 2.48. The average molecular weight is 299 g/mol. The smallest absolute Gasteiger partial charge is 0.327 e. The van der Waals surface area contributed by atoms with Gasteiger partial charge in [0.25, 0.3) is 5.91 Å². The lowest BCUT2D eigenvalue weighted by atomic mass is 10.2. The van der Waals surface area contributed by atoms with Crippen LogP contribution in [0.5, 0.6) is 0 Å². The Balaban J connectivity index is 2.28. The van der Waals surface area contributed by atoms with Gasteiger partial charge in [0.15, 0.2) is 5.69 Å².